The number of nitrogens with one attached hydrogen (secondary N) is 1. The van der Waals surface area contributed by atoms with Crippen molar-refractivity contribution < 1.29 is 0 Å². The topological polar surface area (TPSA) is 41.6 Å². The highest BCUT2D eigenvalue weighted by Crippen LogP contribution is 2.22. The Hall–Kier alpha value is -2.16. The molecule has 0 amide bonds. The highest BCUT2D eigenvalue weighted by molar-refractivity contribution is 5.84. The minimum Gasteiger partial charge on any atom is -0.276 e. The summed E-state index contributed by atoms with van der Waals surface area (Å²) in [7, 11) is 0. The summed E-state index contributed by atoms with van der Waals surface area (Å²) in [5, 5.41) is 8.25. The largest absolute Gasteiger partial charge is 0.276 e. The maximum Gasteiger partial charge on any atom is 0.0836 e. The molecule has 0 fully saturated rings. The quantitative estimate of drug-likeness (QED) is 0.669. The normalized spacial score (nSPS) is 10.8. The van der Waals surface area contributed by atoms with Crippen molar-refractivity contribution in [3.63, 3.8) is 0 Å². The molecule has 0 atom stereocenters. The van der Waals surface area contributed by atoms with Crippen molar-refractivity contribution in [1.82, 2.24) is 15.2 Å². The van der Waals surface area contributed by atoms with E-state index in [9.17, 15) is 0 Å². The Morgan fingerprint density at radius 3 is 2.75 bits per heavy atom. The molecule has 0 unspecified atom stereocenters. The minimum atomic E-state index is 0.984. The molecule has 0 bridgehead atoms. The second-order valence-electron chi connectivity index (χ2n) is 3.79. The molecule has 1 aromatic carbocycles. The van der Waals surface area contributed by atoms with E-state index in [0.29, 0.717) is 0 Å². The number of rotatable bonds is 1. The van der Waals surface area contributed by atoms with E-state index in [4.69, 9.17) is 0 Å². The minimum absolute atomic E-state index is 0.984. The highest BCUT2D eigenvalue weighted by Gasteiger charge is 2.04. The molecule has 0 aliphatic carbocycles. The van der Waals surface area contributed by atoms with E-state index < -0.39 is 0 Å². The molecule has 1 N–H and O–H groups in total. The molecule has 0 saturated carbocycles. The molecule has 0 saturated heterocycles. The van der Waals surface area contributed by atoms with Gasteiger partial charge in [0, 0.05) is 10.9 Å². The monoisotopic (exact) mass is 209 g/mol. The standard InChI is InChI=1S/C13H11N3/c1-9-11-7-12(10-5-3-2-4-6-10)14-8-13(11)16-15-9/h2-8H,1H3,(H,15,16). The fraction of sp³-hybridized carbons (Fsp3) is 0.0769. The van der Waals surface area contributed by atoms with Gasteiger partial charge in [0.25, 0.3) is 0 Å². The Bertz CT molecular complexity index is 626. The number of nitrogens with zero attached hydrogens (tertiary/aromatic N) is 2. The van der Waals surface area contributed by atoms with Gasteiger partial charge < -0.3 is 0 Å². The van der Waals surface area contributed by atoms with Gasteiger partial charge in [-0.2, -0.15) is 5.10 Å². The maximum atomic E-state index is 4.42. The summed E-state index contributed by atoms with van der Waals surface area (Å²) < 4.78 is 0. The van der Waals surface area contributed by atoms with Crippen LogP contribution < -0.4 is 0 Å². The van der Waals surface area contributed by atoms with Crippen LogP contribution in [0.3, 0.4) is 0 Å². The van der Waals surface area contributed by atoms with Crippen LogP contribution in [-0.2, 0) is 0 Å². The number of hydrogen-bond donors (Lipinski definition) is 1. The molecule has 0 radical (unpaired) electrons. The number of aromatic amines is 1. The number of hydrogen-bond acceptors (Lipinski definition) is 2. The Morgan fingerprint density at radius 2 is 1.94 bits per heavy atom. The van der Waals surface area contributed by atoms with Gasteiger partial charge in [0.1, 0.15) is 0 Å². The summed E-state index contributed by atoms with van der Waals surface area (Å²) in [6.07, 6.45) is 1.83. The molecule has 0 aliphatic rings. The van der Waals surface area contributed by atoms with Gasteiger partial charge in [0.2, 0.25) is 0 Å². The molecule has 3 aromatic rings. The van der Waals surface area contributed by atoms with Gasteiger partial charge >= 0.3 is 0 Å². The fourth-order valence-electron chi connectivity index (χ4n) is 1.81. The lowest BCUT2D eigenvalue weighted by atomic mass is 10.1. The Morgan fingerprint density at radius 1 is 1.12 bits per heavy atom. The molecule has 16 heavy (non-hydrogen) atoms. The van der Waals surface area contributed by atoms with E-state index in [2.05, 4.69) is 33.4 Å². The van der Waals surface area contributed by atoms with Gasteiger partial charge in [-0.25, -0.2) is 0 Å². The van der Waals surface area contributed by atoms with Gasteiger partial charge in [0.05, 0.1) is 23.1 Å². The average molecular weight is 209 g/mol. The molecular formula is C13H11N3. The number of H-pyrrole nitrogens is 1. The van der Waals surface area contributed by atoms with Crippen LogP contribution in [0, 0.1) is 6.92 Å². The van der Waals surface area contributed by atoms with Gasteiger partial charge in [-0.3, -0.25) is 10.1 Å². The molecule has 78 valence electrons. The molecule has 0 spiro atoms. The third-order valence-corrected chi connectivity index (χ3v) is 2.71. The van der Waals surface area contributed by atoms with Crippen LogP contribution in [0.1, 0.15) is 5.69 Å². The first-order chi connectivity index (χ1) is 7.84. The van der Waals surface area contributed by atoms with Crippen LogP contribution in [-0.4, -0.2) is 15.2 Å². The molecule has 2 heterocycles. The number of aryl methyl sites for hydroxylation is 1. The van der Waals surface area contributed by atoms with Crippen molar-refractivity contribution >= 4 is 10.9 Å². The second kappa shape index (κ2) is 3.45. The maximum absolute atomic E-state index is 4.42. The first-order valence-corrected chi connectivity index (χ1v) is 5.21. The van der Waals surface area contributed by atoms with Crippen LogP contribution in [0.5, 0.6) is 0 Å². The third-order valence-electron chi connectivity index (χ3n) is 2.71. The van der Waals surface area contributed by atoms with Crippen molar-refractivity contribution in [1.29, 1.82) is 0 Å². The molecule has 3 heteroatoms. The van der Waals surface area contributed by atoms with E-state index >= 15 is 0 Å². The first-order valence-electron chi connectivity index (χ1n) is 5.21. The van der Waals surface area contributed by atoms with Crippen LogP contribution in [0.4, 0.5) is 0 Å². The Labute approximate surface area is 93.2 Å². The second-order valence-corrected chi connectivity index (χ2v) is 3.79. The summed E-state index contributed by atoms with van der Waals surface area (Å²) in [5.74, 6) is 0. The van der Waals surface area contributed by atoms with Crippen LogP contribution in [0.15, 0.2) is 42.6 Å². The third kappa shape index (κ3) is 1.37. The lowest BCUT2D eigenvalue weighted by molar-refractivity contribution is 1.07. The summed E-state index contributed by atoms with van der Waals surface area (Å²) in [4.78, 5) is 4.42. The zero-order valence-corrected chi connectivity index (χ0v) is 8.94. The van der Waals surface area contributed by atoms with Gasteiger partial charge in [-0.05, 0) is 13.0 Å². The van der Waals surface area contributed by atoms with E-state index in [0.717, 1.165) is 27.9 Å². The summed E-state index contributed by atoms with van der Waals surface area (Å²) in [5.41, 5.74) is 4.11. The Kier molecular flexibility index (Phi) is 1.96. The molecule has 2 aromatic heterocycles. The number of pyridine rings is 1. The number of aromatic nitrogens is 3. The smallest absolute Gasteiger partial charge is 0.0836 e. The molecule has 3 rings (SSSR count). The fourth-order valence-corrected chi connectivity index (χ4v) is 1.81. The first kappa shape index (κ1) is 9.09. The average Bonchev–Trinajstić information content (AvgIpc) is 2.72. The lowest BCUT2D eigenvalue weighted by Gasteiger charge is -2.00. The van der Waals surface area contributed by atoms with Crippen molar-refractivity contribution in [2.45, 2.75) is 6.92 Å². The summed E-state index contributed by atoms with van der Waals surface area (Å²) in [6.45, 7) is 1.99. The van der Waals surface area contributed by atoms with Crippen LogP contribution in [0.2, 0.25) is 0 Å². The van der Waals surface area contributed by atoms with E-state index in [1.54, 1.807) is 0 Å². The Balaban J connectivity index is 2.22. The SMILES string of the molecule is Cc1n[nH]c2cnc(-c3ccccc3)cc12. The van der Waals surface area contributed by atoms with Crippen molar-refractivity contribution in [2.24, 2.45) is 0 Å². The van der Waals surface area contributed by atoms with Gasteiger partial charge in [-0.1, -0.05) is 30.3 Å². The predicted octanol–water partition coefficient (Wildman–Crippen LogP) is 2.93. The lowest BCUT2D eigenvalue weighted by Crippen LogP contribution is -1.82. The zero-order chi connectivity index (χ0) is 11.0. The van der Waals surface area contributed by atoms with E-state index in [1.165, 1.54) is 0 Å². The van der Waals surface area contributed by atoms with Gasteiger partial charge in [0.15, 0.2) is 0 Å². The zero-order valence-electron chi connectivity index (χ0n) is 8.94. The van der Waals surface area contributed by atoms with Crippen molar-refractivity contribution in [3.8, 4) is 11.3 Å². The molecular weight excluding hydrogens is 198 g/mol. The molecule has 3 nitrogen and oxygen atoms in total. The van der Waals surface area contributed by atoms with Crippen LogP contribution in [0.25, 0.3) is 22.2 Å². The van der Waals surface area contributed by atoms with Crippen molar-refractivity contribution in [3.05, 3.63) is 48.3 Å². The summed E-state index contributed by atoms with van der Waals surface area (Å²) >= 11 is 0. The van der Waals surface area contributed by atoms with E-state index in [-0.39, 0.29) is 0 Å². The highest BCUT2D eigenvalue weighted by atomic mass is 15.1. The van der Waals surface area contributed by atoms with E-state index in [1.807, 2.05) is 31.3 Å². The predicted molar refractivity (Wildman–Crippen MR) is 64.1 cm³/mol. The van der Waals surface area contributed by atoms with Crippen molar-refractivity contribution in [2.75, 3.05) is 0 Å². The molecule has 0 aliphatic heterocycles. The van der Waals surface area contributed by atoms with Gasteiger partial charge in [-0.15, -0.1) is 0 Å². The summed E-state index contributed by atoms with van der Waals surface area (Å²) in [6, 6.07) is 12.2. The number of benzene rings is 1. The number of fused-ring (bicyclic) bond motifs is 1. The van der Waals surface area contributed by atoms with Crippen LogP contribution >= 0.6 is 0 Å².